The molecule has 1 spiro atoms. The molecular weight excluding hydrogens is 565 g/mol. The van der Waals surface area contributed by atoms with Crippen molar-refractivity contribution in [2.45, 2.75) is 75.4 Å². The van der Waals surface area contributed by atoms with Gasteiger partial charge < -0.3 is 23.8 Å². The number of anilines is 2. The van der Waals surface area contributed by atoms with E-state index < -0.39 is 31.6 Å². The van der Waals surface area contributed by atoms with Crippen molar-refractivity contribution < 1.29 is 23.5 Å². The Hall–Kier alpha value is -3.41. The van der Waals surface area contributed by atoms with Crippen LogP contribution in [0.3, 0.4) is 0 Å². The number of rotatable bonds is 8. The molecule has 9 nitrogen and oxygen atoms in total. The Morgan fingerprint density at radius 2 is 1.93 bits per heavy atom. The van der Waals surface area contributed by atoms with Gasteiger partial charge >= 0.3 is 0 Å². The Bertz CT molecular complexity index is 1510. The number of aryl methyl sites for hydroxylation is 1. The summed E-state index contributed by atoms with van der Waals surface area (Å²) in [5.74, 6) is -0.820. The first kappa shape index (κ1) is 29.6. The number of benzene rings is 2. The van der Waals surface area contributed by atoms with Crippen molar-refractivity contribution in [1.29, 1.82) is 0 Å². The smallest absolute Gasteiger partial charge is 0.264 e. The normalized spacial score (nSPS) is 26.4. The number of nitrogens with zero attached hydrogens (tertiary/aromatic N) is 5. The number of amides is 2. The van der Waals surface area contributed by atoms with Gasteiger partial charge in [0.1, 0.15) is 0 Å². The molecule has 2 amide bonds. The quantitative estimate of drug-likeness (QED) is 0.294. The molecule has 0 bridgehead atoms. The number of ether oxygens (including phenoxy) is 1. The van der Waals surface area contributed by atoms with E-state index in [-0.39, 0.29) is 24.3 Å². The highest BCUT2D eigenvalue weighted by atomic mass is 28.4. The average molecular weight is 606 g/mol. The third kappa shape index (κ3) is 5.01. The van der Waals surface area contributed by atoms with Crippen LogP contribution in [0.1, 0.15) is 55.3 Å². The molecule has 2 saturated heterocycles. The maximum absolute atomic E-state index is 16.1. The van der Waals surface area contributed by atoms with Crippen molar-refractivity contribution in [2.75, 3.05) is 30.0 Å². The fourth-order valence-electron chi connectivity index (χ4n) is 7.55. The minimum atomic E-state index is -3.31. The van der Waals surface area contributed by atoms with Crippen LogP contribution < -0.4 is 9.80 Å². The van der Waals surface area contributed by atoms with E-state index >= 15 is 4.11 Å². The molecule has 6 rings (SSSR count). The van der Waals surface area contributed by atoms with Crippen LogP contribution >= 0.6 is 0 Å². The first-order chi connectivity index (χ1) is 20.6. The van der Waals surface area contributed by atoms with Gasteiger partial charge in [0.25, 0.3) is 5.91 Å². The van der Waals surface area contributed by atoms with Crippen LogP contribution in [0.25, 0.3) is 0 Å². The van der Waals surface area contributed by atoms with Gasteiger partial charge in [-0.3, -0.25) is 14.3 Å². The van der Waals surface area contributed by atoms with E-state index in [0.29, 0.717) is 37.2 Å². The molecule has 1 aromatic heterocycles. The van der Waals surface area contributed by atoms with Crippen LogP contribution in [0.2, 0.25) is 18.6 Å². The van der Waals surface area contributed by atoms with Crippen molar-refractivity contribution in [2.24, 2.45) is 5.92 Å². The van der Waals surface area contributed by atoms with Crippen LogP contribution in [0.15, 0.2) is 54.7 Å². The summed E-state index contributed by atoms with van der Waals surface area (Å²) in [6.07, 6.45) is 4.08. The molecule has 1 unspecified atom stereocenters. The van der Waals surface area contributed by atoms with E-state index in [0.717, 1.165) is 29.8 Å². The first-order valence-electron chi connectivity index (χ1n) is 15.2. The third-order valence-electron chi connectivity index (χ3n) is 9.65. The van der Waals surface area contributed by atoms with Crippen molar-refractivity contribution in [3.05, 3.63) is 71.5 Å². The summed E-state index contributed by atoms with van der Waals surface area (Å²) in [6, 6.07) is 15.4. The third-order valence-corrected chi connectivity index (χ3v) is 12.1. The van der Waals surface area contributed by atoms with Gasteiger partial charge in [-0.15, -0.1) is 5.10 Å². The number of piperidine rings is 1. The highest BCUT2D eigenvalue weighted by Crippen LogP contribution is 2.60. The SMILES string of the molecule is C[C@H]1[C@H]([Si](C)(C)F)[C@@H](CCn2cc(C(CO)c3ccccc3)nn2)O[C@]12C(=O)N(C)c1ccc(N3CCCCC3=O)cc12. The van der Waals surface area contributed by atoms with Gasteiger partial charge in [-0.2, -0.15) is 0 Å². The molecule has 2 aromatic carbocycles. The number of halogens is 1. The summed E-state index contributed by atoms with van der Waals surface area (Å²) in [5, 5.41) is 18.7. The Morgan fingerprint density at radius 1 is 1.16 bits per heavy atom. The lowest BCUT2D eigenvalue weighted by atomic mass is 9.82. The number of carbonyl (C=O) groups is 2. The highest BCUT2D eigenvalue weighted by Gasteiger charge is 2.66. The fourth-order valence-corrected chi connectivity index (χ4v) is 10.1. The number of aliphatic hydroxyl groups is 1. The topological polar surface area (TPSA) is 101 Å². The zero-order valence-electron chi connectivity index (χ0n) is 25.2. The molecule has 0 radical (unpaired) electrons. The lowest BCUT2D eigenvalue weighted by Gasteiger charge is -2.32. The van der Waals surface area contributed by atoms with Gasteiger partial charge in [-0.1, -0.05) is 42.5 Å². The molecule has 0 aliphatic carbocycles. The largest absolute Gasteiger partial charge is 0.395 e. The van der Waals surface area contributed by atoms with Crippen LogP contribution in [0, 0.1) is 5.92 Å². The number of likely N-dealkylation sites (N-methyl/N-ethyl adjacent to an activating group) is 1. The van der Waals surface area contributed by atoms with Gasteiger partial charge in [0.15, 0.2) is 5.60 Å². The second-order valence-electron chi connectivity index (χ2n) is 12.7. The number of aliphatic hydroxyl groups excluding tert-OH is 1. The molecule has 0 saturated carbocycles. The van der Waals surface area contributed by atoms with Gasteiger partial charge in [-0.25, -0.2) is 0 Å². The molecule has 4 heterocycles. The lowest BCUT2D eigenvalue weighted by Crippen LogP contribution is -2.44. The molecule has 3 aliphatic rings. The maximum atomic E-state index is 16.1. The summed E-state index contributed by atoms with van der Waals surface area (Å²) in [4.78, 5) is 30.2. The predicted octanol–water partition coefficient (Wildman–Crippen LogP) is 4.76. The summed E-state index contributed by atoms with van der Waals surface area (Å²) in [5.41, 5.74) is 2.05. The number of carbonyl (C=O) groups excluding carboxylic acids is 2. The van der Waals surface area contributed by atoms with Gasteiger partial charge in [0.05, 0.1) is 30.0 Å². The molecule has 5 atom stereocenters. The number of hydrogen-bond donors (Lipinski definition) is 1. The fraction of sp³-hybridized carbons (Fsp3) is 0.500. The molecule has 43 heavy (non-hydrogen) atoms. The van der Waals surface area contributed by atoms with E-state index in [4.69, 9.17) is 4.74 Å². The van der Waals surface area contributed by atoms with Gasteiger partial charge in [0.2, 0.25) is 14.3 Å². The predicted molar refractivity (Wildman–Crippen MR) is 164 cm³/mol. The first-order valence-corrected chi connectivity index (χ1v) is 18.2. The second-order valence-corrected chi connectivity index (χ2v) is 16.5. The summed E-state index contributed by atoms with van der Waals surface area (Å²) >= 11 is 0. The summed E-state index contributed by atoms with van der Waals surface area (Å²) in [7, 11) is -1.58. The highest BCUT2D eigenvalue weighted by molar-refractivity contribution is 6.72. The minimum absolute atomic E-state index is 0.0780. The number of fused-ring (bicyclic) bond motifs is 2. The van der Waals surface area contributed by atoms with Crippen molar-refractivity contribution in [3.8, 4) is 0 Å². The van der Waals surface area contributed by atoms with E-state index in [1.807, 2.05) is 61.7 Å². The van der Waals surface area contributed by atoms with Gasteiger partial charge in [-0.05, 0) is 56.1 Å². The van der Waals surface area contributed by atoms with Crippen molar-refractivity contribution in [1.82, 2.24) is 15.0 Å². The molecule has 3 aromatic rings. The summed E-state index contributed by atoms with van der Waals surface area (Å²) in [6.45, 7) is 6.29. The Kier molecular flexibility index (Phi) is 7.76. The van der Waals surface area contributed by atoms with Crippen LogP contribution in [-0.4, -0.2) is 66.6 Å². The molecule has 228 valence electrons. The lowest BCUT2D eigenvalue weighted by molar-refractivity contribution is -0.145. The van der Waals surface area contributed by atoms with Crippen LogP contribution in [0.5, 0.6) is 0 Å². The van der Waals surface area contributed by atoms with Crippen molar-refractivity contribution >= 4 is 31.6 Å². The summed E-state index contributed by atoms with van der Waals surface area (Å²) < 4.78 is 24.7. The Morgan fingerprint density at radius 3 is 2.63 bits per heavy atom. The van der Waals surface area contributed by atoms with Crippen LogP contribution in [0.4, 0.5) is 15.5 Å². The number of aromatic nitrogens is 3. The van der Waals surface area contributed by atoms with Gasteiger partial charge in [0, 0.05) is 55.5 Å². The molecule has 3 aliphatic heterocycles. The van der Waals surface area contributed by atoms with Crippen LogP contribution in [-0.2, 0) is 26.5 Å². The van der Waals surface area contributed by atoms with E-state index in [1.165, 1.54) is 0 Å². The maximum Gasteiger partial charge on any atom is 0.264 e. The minimum Gasteiger partial charge on any atom is -0.395 e. The molecule has 2 fully saturated rings. The Labute approximate surface area is 252 Å². The molecular formula is C32H40FN5O4Si. The zero-order valence-corrected chi connectivity index (χ0v) is 26.2. The van der Waals surface area contributed by atoms with E-state index in [9.17, 15) is 14.7 Å². The molecule has 11 heteroatoms. The van der Waals surface area contributed by atoms with E-state index in [2.05, 4.69) is 10.3 Å². The number of hydrogen-bond acceptors (Lipinski definition) is 6. The average Bonchev–Trinajstić information content (AvgIpc) is 3.64. The van der Waals surface area contributed by atoms with Crippen molar-refractivity contribution in [3.63, 3.8) is 0 Å². The zero-order chi connectivity index (χ0) is 30.5. The second kappa shape index (κ2) is 11.3. The Balaban J connectivity index is 1.29. The molecule has 1 N–H and O–H groups in total. The monoisotopic (exact) mass is 605 g/mol. The standard InChI is InChI=1S/C32H40FN5O4Si/c1-21-30(43(3,4)33)28(15-17-37-19-26(34-35-37)24(20-39)22-10-6-5-7-11-22)42-32(21)25-18-23(38-16-9-8-12-29(38)40)13-14-27(25)36(2)31(32)41/h5-7,10-11,13-14,18-19,21,24,28,30,39H,8-9,12,15-17,20H2,1-4H3/t21-,24?,28+,30-,32+/m0/s1. The van der Waals surface area contributed by atoms with E-state index in [1.54, 1.807) is 34.6 Å².